The highest BCUT2D eigenvalue weighted by Crippen LogP contribution is 2.40. The van der Waals surface area contributed by atoms with E-state index in [9.17, 15) is 14.0 Å². The molecule has 0 saturated heterocycles. The van der Waals surface area contributed by atoms with Crippen molar-refractivity contribution in [2.75, 3.05) is 17.2 Å². The first-order valence-electron chi connectivity index (χ1n) is 8.22. The maximum atomic E-state index is 14.8. The van der Waals surface area contributed by atoms with Gasteiger partial charge in [0.25, 0.3) is 5.56 Å². The quantitative estimate of drug-likeness (QED) is 0.739. The maximum absolute atomic E-state index is 14.8. The fourth-order valence-electron chi connectivity index (χ4n) is 3.43. The monoisotopic (exact) mass is 391 g/mol. The summed E-state index contributed by atoms with van der Waals surface area (Å²) in [6.07, 6.45) is 7.17. The van der Waals surface area contributed by atoms with Gasteiger partial charge < -0.3 is 0 Å². The van der Waals surface area contributed by atoms with Crippen molar-refractivity contribution < 1.29 is 9.18 Å². The zero-order valence-electron chi connectivity index (χ0n) is 13.8. The number of terminal acetylenes is 1. The van der Waals surface area contributed by atoms with E-state index in [1.165, 1.54) is 28.8 Å². The number of aromatic nitrogens is 2. The average Bonchev–Trinajstić information content (AvgIpc) is 2.89. The molecule has 3 heterocycles. The van der Waals surface area contributed by atoms with Gasteiger partial charge in [-0.25, -0.2) is 9.07 Å². The van der Waals surface area contributed by atoms with Crippen LogP contribution in [0.25, 0.3) is 11.1 Å². The van der Waals surface area contributed by atoms with Crippen LogP contribution >= 0.6 is 23.4 Å². The van der Waals surface area contributed by atoms with Crippen LogP contribution in [0.3, 0.4) is 0 Å². The molecule has 0 bridgehead atoms. The number of nitrogens with zero attached hydrogens (tertiary/aromatic N) is 3. The summed E-state index contributed by atoms with van der Waals surface area (Å²) >= 11 is 7.68. The van der Waals surface area contributed by atoms with Crippen molar-refractivity contribution in [3.8, 4) is 23.5 Å². The summed E-state index contributed by atoms with van der Waals surface area (Å²) < 4.78 is 18.1. The van der Waals surface area contributed by atoms with Gasteiger partial charge in [-0.3, -0.25) is 19.2 Å². The first-order chi connectivity index (χ1) is 12.5. The Hall–Kier alpha value is -2.17. The van der Waals surface area contributed by atoms with Gasteiger partial charge in [-0.15, -0.1) is 18.2 Å². The second kappa shape index (κ2) is 6.53. The van der Waals surface area contributed by atoms with E-state index < -0.39 is 5.82 Å². The van der Waals surface area contributed by atoms with Crippen LogP contribution < -0.4 is 10.5 Å². The number of benzene rings is 1. The minimum absolute atomic E-state index is 0.0937. The lowest BCUT2D eigenvalue weighted by Gasteiger charge is -2.28. The van der Waals surface area contributed by atoms with Crippen LogP contribution in [-0.4, -0.2) is 27.6 Å². The van der Waals surface area contributed by atoms with E-state index in [1.807, 2.05) is 0 Å². The summed E-state index contributed by atoms with van der Waals surface area (Å²) in [4.78, 5) is 27.1. The van der Waals surface area contributed by atoms with Crippen molar-refractivity contribution in [1.82, 2.24) is 9.36 Å². The van der Waals surface area contributed by atoms with Gasteiger partial charge >= 0.3 is 0 Å². The maximum Gasteiger partial charge on any atom is 0.276 e. The molecule has 0 atom stereocenters. The highest BCUT2D eigenvalue weighted by Gasteiger charge is 2.29. The molecule has 8 heteroatoms. The van der Waals surface area contributed by atoms with Gasteiger partial charge in [-0.1, -0.05) is 17.5 Å². The van der Waals surface area contributed by atoms with E-state index >= 15 is 0 Å². The molecule has 2 aliphatic rings. The van der Waals surface area contributed by atoms with Gasteiger partial charge in [0.15, 0.2) is 0 Å². The smallest absolute Gasteiger partial charge is 0.276 e. The van der Waals surface area contributed by atoms with Crippen LogP contribution in [-0.2, 0) is 17.9 Å². The van der Waals surface area contributed by atoms with Crippen molar-refractivity contribution in [3.63, 3.8) is 0 Å². The van der Waals surface area contributed by atoms with Gasteiger partial charge in [0, 0.05) is 23.5 Å². The summed E-state index contributed by atoms with van der Waals surface area (Å²) in [7, 11) is 0. The third-order valence-corrected chi connectivity index (χ3v) is 6.09. The van der Waals surface area contributed by atoms with E-state index in [-0.39, 0.29) is 40.0 Å². The molecule has 1 amide bonds. The van der Waals surface area contributed by atoms with E-state index in [1.54, 1.807) is 9.36 Å². The number of thioether (sulfide) groups is 1. The number of hydrogen-bond donors (Lipinski definition) is 0. The Kier molecular flexibility index (Phi) is 4.33. The summed E-state index contributed by atoms with van der Waals surface area (Å²) in [6, 6.07) is 2.86. The second-order valence-electron chi connectivity index (χ2n) is 6.20. The molecular formula is C18H15ClFN3O2S. The van der Waals surface area contributed by atoms with Gasteiger partial charge in [-0.2, -0.15) is 0 Å². The van der Waals surface area contributed by atoms with Crippen molar-refractivity contribution in [3.05, 3.63) is 33.5 Å². The molecule has 0 spiro atoms. The third-order valence-electron chi connectivity index (χ3n) is 4.67. The summed E-state index contributed by atoms with van der Waals surface area (Å²) in [6.45, 7) is 1.28. The Morgan fingerprint density at radius 3 is 2.65 bits per heavy atom. The summed E-state index contributed by atoms with van der Waals surface area (Å²) in [5, 5.41) is 0.229. The third kappa shape index (κ3) is 2.56. The van der Waals surface area contributed by atoms with E-state index in [0.29, 0.717) is 23.7 Å². The van der Waals surface area contributed by atoms with Gasteiger partial charge in [0.05, 0.1) is 23.5 Å². The highest BCUT2D eigenvalue weighted by atomic mass is 35.5. The van der Waals surface area contributed by atoms with Crippen LogP contribution in [0.2, 0.25) is 5.15 Å². The fraction of sp³-hybridized carbons (Fsp3) is 0.333. The largest absolute Gasteiger partial charge is 0.299 e. The zero-order valence-corrected chi connectivity index (χ0v) is 15.4. The lowest BCUT2D eigenvalue weighted by molar-refractivity contribution is -0.116. The molecule has 0 radical (unpaired) electrons. The number of carbonyl (C=O) groups is 1. The Morgan fingerprint density at radius 2 is 1.96 bits per heavy atom. The number of carbonyl (C=O) groups excluding carboxylic acids is 1. The van der Waals surface area contributed by atoms with Gasteiger partial charge in [-0.05, 0) is 25.0 Å². The topological polar surface area (TPSA) is 47.2 Å². The standard InChI is InChI=1S/C18H15ClFN3O2S/c1-2-5-21-13-8-11(12(20)9-14(13)26-10-15(21)24)16-17(19)22-6-3-4-7-23(22)18(16)25/h1,8-9H,3-7,10H2. The molecule has 134 valence electrons. The molecular weight excluding hydrogens is 377 g/mol. The number of halogens is 2. The van der Waals surface area contributed by atoms with E-state index in [4.69, 9.17) is 18.0 Å². The van der Waals surface area contributed by atoms with Crippen molar-refractivity contribution >= 4 is 35.0 Å². The Balaban J connectivity index is 1.92. The van der Waals surface area contributed by atoms with Crippen molar-refractivity contribution in [1.29, 1.82) is 0 Å². The molecule has 0 fully saturated rings. The molecule has 4 rings (SSSR count). The first-order valence-corrected chi connectivity index (χ1v) is 9.59. The molecule has 0 saturated carbocycles. The predicted octanol–water partition coefficient (Wildman–Crippen LogP) is 2.98. The molecule has 0 aliphatic carbocycles. The molecule has 2 aliphatic heterocycles. The molecule has 0 unspecified atom stereocenters. The van der Waals surface area contributed by atoms with Crippen LogP contribution in [0.15, 0.2) is 21.8 Å². The molecule has 1 aromatic carbocycles. The number of hydrogen-bond acceptors (Lipinski definition) is 3. The predicted molar refractivity (Wildman–Crippen MR) is 100 cm³/mol. The van der Waals surface area contributed by atoms with Crippen LogP contribution in [0.1, 0.15) is 12.8 Å². The van der Waals surface area contributed by atoms with Gasteiger partial charge in [0.1, 0.15) is 11.0 Å². The Bertz CT molecular complexity index is 1020. The Labute approximate surface area is 158 Å². The van der Waals surface area contributed by atoms with Crippen LogP contribution in [0, 0.1) is 18.2 Å². The normalized spacial score (nSPS) is 16.2. The summed E-state index contributed by atoms with van der Waals surface area (Å²) in [5.74, 6) is 1.98. The molecule has 26 heavy (non-hydrogen) atoms. The Morgan fingerprint density at radius 1 is 1.23 bits per heavy atom. The van der Waals surface area contributed by atoms with E-state index in [2.05, 4.69) is 5.92 Å². The van der Waals surface area contributed by atoms with Crippen LogP contribution in [0.5, 0.6) is 0 Å². The minimum atomic E-state index is -0.534. The second-order valence-corrected chi connectivity index (χ2v) is 7.57. The lowest BCUT2D eigenvalue weighted by Crippen LogP contribution is -2.35. The van der Waals surface area contributed by atoms with Crippen molar-refractivity contribution in [2.24, 2.45) is 0 Å². The number of rotatable bonds is 2. The first kappa shape index (κ1) is 17.3. The average molecular weight is 392 g/mol. The molecule has 2 aromatic rings. The van der Waals surface area contributed by atoms with E-state index in [0.717, 1.165) is 12.8 Å². The fourth-order valence-corrected chi connectivity index (χ4v) is 4.73. The zero-order chi connectivity index (χ0) is 18.4. The molecule has 5 nitrogen and oxygen atoms in total. The number of fused-ring (bicyclic) bond motifs is 2. The number of anilines is 1. The van der Waals surface area contributed by atoms with Crippen LogP contribution in [0.4, 0.5) is 10.1 Å². The minimum Gasteiger partial charge on any atom is -0.299 e. The summed E-state index contributed by atoms with van der Waals surface area (Å²) in [5.41, 5.74) is 0.445. The van der Waals surface area contributed by atoms with Gasteiger partial charge in [0.2, 0.25) is 5.91 Å². The van der Waals surface area contributed by atoms with Crippen molar-refractivity contribution in [2.45, 2.75) is 30.8 Å². The number of amides is 1. The molecule has 1 aromatic heterocycles. The highest BCUT2D eigenvalue weighted by molar-refractivity contribution is 8.00. The SMILES string of the molecule is C#CCN1C(=O)CSc2cc(F)c(-c3c(Cl)n4n(c3=O)CCCC4)cc21. The molecule has 0 N–H and O–H groups in total. The lowest BCUT2D eigenvalue weighted by atomic mass is 10.1.